The van der Waals surface area contributed by atoms with Crippen LogP contribution in [0.3, 0.4) is 0 Å². The number of nitrogens with zero attached hydrogens (tertiary/aromatic N) is 1. The van der Waals surface area contributed by atoms with Gasteiger partial charge < -0.3 is 15.0 Å². The van der Waals surface area contributed by atoms with Crippen molar-refractivity contribution in [2.45, 2.75) is 18.9 Å². The number of H-pyrrole nitrogens is 1. The number of carbonyl (C=O) groups is 1. The zero-order chi connectivity index (χ0) is 11.1. The standard InChI is InChI=1S/C11H16N2O2/c1-13(2)9(8-3-6-12-7-8)11(4-5-11)10(14)15/h3,6-7,9,12H,4-5H2,1-2H3,(H,14,15). The highest BCUT2D eigenvalue weighted by Crippen LogP contribution is 2.56. The van der Waals surface area contributed by atoms with Crippen LogP contribution in [0.5, 0.6) is 0 Å². The Bertz CT molecular complexity index is 353. The van der Waals surface area contributed by atoms with Crippen molar-refractivity contribution in [3.8, 4) is 0 Å². The van der Waals surface area contributed by atoms with E-state index in [1.807, 2.05) is 37.5 Å². The van der Waals surface area contributed by atoms with E-state index in [2.05, 4.69) is 4.98 Å². The lowest BCUT2D eigenvalue weighted by molar-refractivity contribution is -0.146. The number of aliphatic carboxylic acids is 1. The Morgan fingerprint density at radius 3 is 2.60 bits per heavy atom. The van der Waals surface area contributed by atoms with Crippen molar-refractivity contribution >= 4 is 5.97 Å². The largest absolute Gasteiger partial charge is 0.481 e. The summed E-state index contributed by atoms with van der Waals surface area (Å²) in [5.41, 5.74) is 0.492. The summed E-state index contributed by atoms with van der Waals surface area (Å²) in [6, 6.07) is 1.93. The molecular formula is C11H16N2O2. The second-order valence-electron chi connectivity index (χ2n) is 4.47. The summed E-state index contributed by atoms with van der Waals surface area (Å²) in [5.74, 6) is -0.678. The number of carboxylic acid groups (broad SMARTS) is 1. The van der Waals surface area contributed by atoms with Crippen LogP contribution in [0, 0.1) is 5.41 Å². The van der Waals surface area contributed by atoms with Crippen LogP contribution in [0.1, 0.15) is 24.4 Å². The smallest absolute Gasteiger partial charge is 0.311 e. The third kappa shape index (κ3) is 1.55. The van der Waals surface area contributed by atoms with Gasteiger partial charge in [-0.15, -0.1) is 0 Å². The lowest BCUT2D eigenvalue weighted by Gasteiger charge is -2.29. The quantitative estimate of drug-likeness (QED) is 0.788. The molecule has 1 saturated carbocycles. The van der Waals surface area contributed by atoms with Crippen molar-refractivity contribution in [1.82, 2.24) is 9.88 Å². The van der Waals surface area contributed by atoms with Gasteiger partial charge in [-0.3, -0.25) is 4.79 Å². The summed E-state index contributed by atoms with van der Waals surface area (Å²) in [7, 11) is 3.86. The zero-order valence-electron chi connectivity index (χ0n) is 9.03. The van der Waals surface area contributed by atoms with Crippen LogP contribution in [0.2, 0.25) is 0 Å². The van der Waals surface area contributed by atoms with Crippen molar-refractivity contribution in [2.75, 3.05) is 14.1 Å². The average molecular weight is 208 g/mol. The van der Waals surface area contributed by atoms with E-state index in [0.29, 0.717) is 0 Å². The molecule has 2 N–H and O–H groups in total. The Kier molecular flexibility index (Phi) is 2.31. The number of rotatable bonds is 4. The van der Waals surface area contributed by atoms with Gasteiger partial charge in [0, 0.05) is 12.4 Å². The maximum Gasteiger partial charge on any atom is 0.311 e. The molecule has 1 aromatic heterocycles. The fraction of sp³-hybridized carbons (Fsp3) is 0.545. The first kappa shape index (κ1) is 10.2. The van der Waals surface area contributed by atoms with Crippen LogP contribution < -0.4 is 0 Å². The van der Waals surface area contributed by atoms with Crippen molar-refractivity contribution in [2.24, 2.45) is 5.41 Å². The van der Waals surface area contributed by atoms with Gasteiger partial charge in [0.25, 0.3) is 0 Å². The van der Waals surface area contributed by atoms with Gasteiger partial charge in [-0.25, -0.2) is 0 Å². The summed E-state index contributed by atoms with van der Waals surface area (Å²) in [6.45, 7) is 0. The topological polar surface area (TPSA) is 56.3 Å². The summed E-state index contributed by atoms with van der Waals surface area (Å²) < 4.78 is 0. The maximum absolute atomic E-state index is 11.3. The molecule has 0 aromatic carbocycles. The molecule has 0 amide bonds. The van der Waals surface area contributed by atoms with Crippen molar-refractivity contribution in [1.29, 1.82) is 0 Å². The molecule has 4 heteroatoms. The Balaban J connectivity index is 2.33. The van der Waals surface area contributed by atoms with Crippen LogP contribution in [0.4, 0.5) is 0 Å². The van der Waals surface area contributed by atoms with Gasteiger partial charge in [-0.05, 0) is 38.6 Å². The first-order chi connectivity index (χ1) is 7.08. The normalized spacial score (nSPS) is 20.2. The predicted octanol–water partition coefficient (Wildman–Crippen LogP) is 1.48. The number of hydrogen-bond acceptors (Lipinski definition) is 2. The van der Waals surface area contributed by atoms with Crippen LogP contribution in [-0.4, -0.2) is 35.1 Å². The van der Waals surface area contributed by atoms with Crippen LogP contribution in [-0.2, 0) is 4.79 Å². The third-order valence-corrected chi connectivity index (χ3v) is 3.19. The molecule has 1 unspecified atom stereocenters. The Labute approximate surface area is 88.9 Å². The Hall–Kier alpha value is -1.29. The van der Waals surface area contributed by atoms with Crippen molar-refractivity contribution in [3.05, 3.63) is 24.0 Å². The number of nitrogens with one attached hydrogen (secondary N) is 1. The molecule has 0 saturated heterocycles. The van der Waals surface area contributed by atoms with Gasteiger partial charge in [0.15, 0.2) is 0 Å². The van der Waals surface area contributed by atoms with E-state index in [-0.39, 0.29) is 6.04 Å². The summed E-state index contributed by atoms with van der Waals surface area (Å²) >= 11 is 0. The van der Waals surface area contributed by atoms with Gasteiger partial charge >= 0.3 is 5.97 Å². The number of aromatic nitrogens is 1. The van der Waals surface area contributed by atoms with Crippen molar-refractivity contribution < 1.29 is 9.90 Å². The van der Waals surface area contributed by atoms with Gasteiger partial charge in [0.05, 0.1) is 11.5 Å². The predicted molar refractivity (Wildman–Crippen MR) is 56.5 cm³/mol. The molecule has 4 nitrogen and oxygen atoms in total. The van der Waals surface area contributed by atoms with E-state index in [4.69, 9.17) is 0 Å². The van der Waals surface area contributed by atoms with Gasteiger partial charge in [-0.1, -0.05) is 0 Å². The highest BCUT2D eigenvalue weighted by molar-refractivity contribution is 5.79. The summed E-state index contributed by atoms with van der Waals surface area (Å²) in [6.07, 6.45) is 5.27. The molecule has 1 fully saturated rings. The fourth-order valence-electron chi connectivity index (χ4n) is 2.36. The highest BCUT2D eigenvalue weighted by atomic mass is 16.4. The number of hydrogen-bond donors (Lipinski definition) is 2. The third-order valence-electron chi connectivity index (χ3n) is 3.19. The zero-order valence-corrected chi connectivity index (χ0v) is 9.03. The summed E-state index contributed by atoms with van der Waals surface area (Å²) in [4.78, 5) is 16.3. The molecule has 82 valence electrons. The number of carboxylic acids is 1. The molecule has 1 atom stereocenters. The highest BCUT2D eigenvalue weighted by Gasteiger charge is 2.57. The Morgan fingerprint density at radius 2 is 2.27 bits per heavy atom. The first-order valence-electron chi connectivity index (χ1n) is 5.10. The minimum absolute atomic E-state index is 0.0266. The minimum Gasteiger partial charge on any atom is -0.481 e. The van der Waals surface area contributed by atoms with Crippen LogP contribution in [0.25, 0.3) is 0 Å². The van der Waals surface area contributed by atoms with Crippen LogP contribution in [0.15, 0.2) is 18.5 Å². The SMILES string of the molecule is CN(C)C(c1cc[nH]c1)C1(C(=O)O)CC1. The molecular weight excluding hydrogens is 192 g/mol. The molecule has 0 bridgehead atoms. The number of aromatic amines is 1. The van der Waals surface area contributed by atoms with Crippen LogP contribution >= 0.6 is 0 Å². The van der Waals surface area contributed by atoms with E-state index in [1.54, 1.807) is 0 Å². The molecule has 0 aliphatic heterocycles. The monoisotopic (exact) mass is 208 g/mol. The van der Waals surface area contributed by atoms with Gasteiger partial charge in [0.2, 0.25) is 0 Å². The molecule has 1 aliphatic rings. The Morgan fingerprint density at radius 1 is 1.60 bits per heavy atom. The minimum atomic E-state index is -0.678. The van der Waals surface area contributed by atoms with Crippen molar-refractivity contribution in [3.63, 3.8) is 0 Å². The van der Waals surface area contributed by atoms with E-state index in [1.165, 1.54) is 0 Å². The van der Waals surface area contributed by atoms with E-state index in [0.717, 1.165) is 18.4 Å². The molecule has 2 rings (SSSR count). The van der Waals surface area contributed by atoms with E-state index < -0.39 is 11.4 Å². The lowest BCUT2D eigenvalue weighted by atomic mass is 9.91. The van der Waals surface area contributed by atoms with Gasteiger partial charge in [-0.2, -0.15) is 0 Å². The van der Waals surface area contributed by atoms with Gasteiger partial charge in [0.1, 0.15) is 0 Å². The molecule has 15 heavy (non-hydrogen) atoms. The van der Waals surface area contributed by atoms with E-state index in [9.17, 15) is 9.90 Å². The second-order valence-corrected chi connectivity index (χ2v) is 4.47. The molecule has 0 radical (unpaired) electrons. The average Bonchev–Trinajstić information content (AvgIpc) is 2.75. The first-order valence-corrected chi connectivity index (χ1v) is 5.10. The second kappa shape index (κ2) is 3.38. The molecule has 1 aromatic rings. The summed E-state index contributed by atoms with van der Waals surface area (Å²) in [5, 5.41) is 9.29. The molecule has 0 spiro atoms. The fourth-order valence-corrected chi connectivity index (χ4v) is 2.36. The molecule has 1 aliphatic carbocycles. The molecule has 1 heterocycles. The van der Waals surface area contributed by atoms with E-state index >= 15 is 0 Å². The lowest BCUT2D eigenvalue weighted by Crippen LogP contribution is -2.33. The maximum atomic E-state index is 11.3.